The Hall–Kier alpha value is -11.0. The number of carbonyl (C=O) groups is 17. The second-order valence-corrected chi connectivity index (χ2v) is 27.7. The molecule has 0 radical (unpaired) electrons. The van der Waals surface area contributed by atoms with Gasteiger partial charge in [-0.05, 0) is 164 Å². The van der Waals surface area contributed by atoms with Crippen LogP contribution in [-0.2, 0) is 81.5 Å². The molecular weight excluding hydrogens is 1590 g/mol. The lowest BCUT2D eigenvalue weighted by atomic mass is 10.0. The van der Waals surface area contributed by atoms with Gasteiger partial charge >= 0.3 is 18.1 Å². The Labute approximate surface area is 683 Å². The Morgan fingerprint density at radius 2 is 0.866 bits per heavy atom. The van der Waals surface area contributed by atoms with Crippen LogP contribution < -0.4 is 120 Å². The van der Waals surface area contributed by atoms with E-state index in [9.17, 15) is 115 Å². The highest BCUT2D eigenvalue weighted by molar-refractivity contribution is 6.00. The van der Waals surface area contributed by atoms with E-state index in [1.807, 2.05) is 0 Å². The summed E-state index contributed by atoms with van der Waals surface area (Å²) < 4.78 is 31.7. The molecule has 36 N–H and O–H groups in total. The van der Waals surface area contributed by atoms with Crippen molar-refractivity contribution < 1.29 is 125 Å². The third-order valence-corrected chi connectivity index (χ3v) is 17.6. The minimum atomic E-state index is -5.08. The number of aliphatic hydroxyl groups excluding tert-OH is 4. The number of carbonyl (C=O) groups excluding carboxylic acids is 15. The Morgan fingerprint density at radius 1 is 0.462 bits per heavy atom. The summed E-state index contributed by atoms with van der Waals surface area (Å²) in [6.07, 6.45) is -8.18. The molecule has 16 atom stereocenters. The Balaban J connectivity index is 0.0000189. The molecule has 48 nitrogen and oxygen atoms in total. The van der Waals surface area contributed by atoms with Gasteiger partial charge < -0.3 is 156 Å². The van der Waals surface area contributed by atoms with Gasteiger partial charge in [0.1, 0.15) is 78.5 Å². The number of hydrogen-bond donors (Lipinski definition) is 28. The Kier molecular flexibility index (Phi) is 51.9. The van der Waals surface area contributed by atoms with Gasteiger partial charge in [-0.15, -0.1) is 0 Å². The van der Waals surface area contributed by atoms with Crippen molar-refractivity contribution in [3.8, 4) is 0 Å². The normalized spacial score (nSPS) is 16.1. The van der Waals surface area contributed by atoms with Crippen LogP contribution in [0.5, 0.6) is 0 Å². The third kappa shape index (κ3) is 43.9. The van der Waals surface area contributed by atoms with Crippen LogP contribution in [0.1, 0.15) is 144 Å². The van der Waals surface area contributed by atoms with Crippen LogP contribution in [0.25, 0.3) is 0 Å². The number of amides is 15. The van der Waals surface area contributed by atoms with E-state index >= 15 is 0 Å². The molecule has 15 amide bonds. The van der Waals surface area contributed by atoms with E-state index in [1.165, 1.54) is 25.7 Å². The lowest BCUT2D eigenvalue weighted by molar-refractivity contribution is -0.192. The molecule has 0 aromatic rings. The number of alkyl halides is 3. The van der Waals surface area contributed by atoms with Gasteiger partial charge in [-0.3, -0.25) is 81.9 Å². The highest BCUT2D eigenvalue weighted by Crippen LogP contribution is 2.20. The molecule has 1 rings (SSSR count). The fourth-order valence-corrected chi connectivity index (χ4v) is 11.0. The highest BCUT2D eigenvalue weighted by atomic mass is 19.4. The predicted octanol–water partition coefficient (Wildman–Crippen LogP) is -12.2. The van der Waals surface area contributed by atoms with Crippen molar-refractivity contribution in [3.63, 3.8) is 0 Å². The van der Waals surface area contributed by atoms with Crippen molar-refractivity contribution >= 4 is 112 Å². The summed E-state index contributed by atoms with van der Waals surface area (Å²) in [5, 5.41) is 92.4. The molecule has 678 valence electrons. The number of carboxylic acids is 2. The van der Waals surface area contributed by atoms with Gasteiger partial charge in [0.2, 0.25) is 88.6 Å². The third-order valence-electron chi connectivity index (χ3n) is 17.6. The number of aliphatic imine (C=N–C) groups is 2. The SMILES string of the molecule is CNCCCC[C@H](NC(=O)[C@H](CCCN=C(N)N)NC(=O)[C@H](C)NC(=O)[C@@H](NC(=O)[C@H](CCC(N)=O)NC(=O)[C@H](CCCCN)NC(=O)[C@@H](N)[C@@H](C)O)[C@@H](C)O)C(=O)N[C@@H](CO)C(=O)N[C@H](C(=O)NCC(=O)NCC(=O)N[C@@H](CCCCN)C(=O)N[C@@H](C)C(=O)N1CCC[C@H]1C(=O)N[C@@H](CCCN=C(N)N)C(=O)O)[C@@H](C)O.O=C(O)C(F)(F)F. The lowest BCUT2D eigenvalue weighted by Crippen LogP contribution is -2.62. The van der Waals surface area contributed by atoms with Crippen molar-refractivity contribution in [2.24, 2.45) is 55.9 Å². The number of likely N-dealkylation sites (tertiary alicyclic amines) is 1. The number of nitrogens with two attached hydrogens (primary N) is 8. The summed E-state index contributed by atoms with van der Waals surface area (Å²) in [6, 6.07) is -19.6. The minimum absolute atomic E-state index is 0.00963. The van der Waals surface area contributed by atoms with Crippen molar-refractivity contribution in [2.45, 2.75) is 247 Å². The quantitative estimate of drug-likeness (QED) is 0.0153. The summed E-state index contributed by atoms with van der Waals surface area (Å²) in [7, 11) is 1.65. The highest BCUT2D eigenvalue weighted by Gasteiger charge is 2.41. The smallest absolute Gasteiger partial charge is 0.480 e. The van der Waals surface area contributed by atoms with E-state index < -0.39 is 236 Å². The molecule has 0 aromatic heterocycles. The molecule has 1 aliphatic heterocycles. The van der Waals surface area contributed by atoms with Crippen LogP contribution in [0.4, 0.5) is 13.2 Å². The average Bonchev–Trinajstić information content (AvgIpc) is 1.74. The zero-order valence-corrected chi connectivity index (χ0v) is 67.3. The lowest BCUT2D eigenvalue weighted by Gasteiger charge is -2.29. The molecule has 51 heteroatoms. The summed E-state index contributed by atoms with van der Waals surface area (Å²) in [5.74, 6) is -19.3. The van der Waals surface area contributed by atoms with E-state index in [0.717, 1.165) is 13.8 Å². The molecule has 1 fully saturated rings. The monoisotopic (exact) mass is 1710 g/mol. The maximum atomic E-state index is 14.3. The van der Waals surface area contributed by atoms with Gasteiger partial charge in [-0.1, -0.05) is 0 Å². The number of nitrogens with zero attached hydrogens (tertiary/aromatic N) is 3. The van der Waals surface area contributed by atoms with Crippen LogP contribution in [0.3, 0.4) is 0 Å². The van der Waals surface area contributed by atoms with Crippen molar-refractivity contribution in [1.82, 2.24) is 79.3 Å². The van der Waals surface area contributed by atoms with Gasteiger partial charge in [-0.25, -0.2) is 9.59 Å². The average molecular weight is 1710 g/mol. The van der Waals surface area contributed by atoms with Gasteiger partial charge in [0.15, 0.2) is 11.9 Å². The fraction of sp³-hybridized carbons (Fsp3) is 0.721. The van der Waals surface area contributed by atoms with E-state index in [1.54, 1.807) is 7.05 Å². The number of rotatable bonds is 56. The first kappa shape index (κ1) is 108. The number of halogens is 3. The number of carboxylic acid groups (broad SMARTS) is 2. The summed E-state index contributed by atoms with van der Waals surface area (Å²) in [6.45, 7) is 4.21. The first-order chi connectivity index (χ1) is 55.7. The molecule has 1 heterocycles. The number of unbranched alkanes of at least 4 members (excludes halogenated alkanes) is 3. The predicted molar refractivity (Wildman–Crippen MR) is 417 cm³/mol. The molecule has 1 aliphatic rings. The number of aliphatic hydroxyl groups is 4. The molecule has 0 bridgehead atoms. The maximum Gasteiger partial charge on any atom is 0.490 e. The van der Waals surface area contributed by atoms with Gasteiger partial charge in [0.05, 0.1) is 38.0 Å². The molecule has 119 heavy (non-hydrogen) atoms. The van der Waals surface area contributed by atoms with Crippen LogP contribution in [0.15, 0.2) is 9.98 Å². The van der Waals surface area contributed by atoms with Crippen molar-refractivity contribution in [2.75, 3.05) is 66.0 Å². The number of aliphatic carboxylic acids is 2. The van der Waals surface area contributed by atoms with E-state index in [2.05, 4.69) is 84.4 Å². The first-order valence-electron chi connectivity index (χ1n) is 38.2. The molecule has 0 unspecified atom stereocenters. The van der Waals surface area contributed by atoms with Gasteiger partial charge in [0, 0.05) is 26.1 Å². The zero-order valence-electron chi connectivity index (χ0n) is 67.3. The Bertz CT molecular complexity index is 3410. The van der Waals surface area contributed by atoms with Gasteiger partial charge in [0.25, 0.3) is 0 Å². The summed E-state index contributed by atoms with van der Waals surface area (Å²) >= 11 is 0. The van der Waals surface area contributed by atoms with Crippen molar-refractivity contribution in [3.05, 3.63) is 0 Å². The minimum Gasteiger partial charge on any atom is -0.480 e. The van der Waals surface area contributed by atoms with Crippen LogP contribution in [0.2, 0.25) is 0 Å². The number of nitrogens with one attached hydrogen (secondary N) is 14. The van der Waals surface area contributed by atoms with Crippen LogP contribution >= 0.6 is 0 Å². The number of guanidine groups is 2. The number of primary amides is 1. The second kappa shape index (κ2) is 57.2. The Morgan fingerprint density at radius 3 is 1.31 bits per heavy atom. The van der Waals surface area contributed by atoms with Crippen LogP contribution in [-0.4, -0.2) is 317 Å². The van der Waals surface area contributed by atoms with Gasteiger partial charge in [-0.2, -0.15) is 13.2 Å². The van der Waals surface area contributed by atoms with E-state index in [4.69, 9.17) is 55.8 Å². The van der Waals surface area contributed by atoms with E-state index in [-0.39, 0.29) is 102 Å². The largest absolute Gasteiger partial charge is 0.490 e. The molecule has 0 saturated carbocycles. The summed E-state index contributed by atoms with van der Waals surface area (Å²) in [4.78, 5) is 232. The van der Waals surface area contributed by atoms with Crippen LogP contribution in [0, 0.1) is 0 Å². The van der Waals surface area contributed by atoms with Crippen molar-refractivity contribution in [1.29, 1.82) is 0 Å². The standard InChI is InChI=1S/C66H121N25O21.C2HF3O2/c1-33(80-62(109)51(37(5)95)90-57(104)42(22-23-46(69)96)85-54(101)40(17-8-11-25-68)86-60(107)49(70)35(3)93)52(99)83-41(19-13-27-76-65(71)72)55(102)84-39(18-9-12-26-75-6)56(103)88-44(32-92)58(105)89-50(36(4)94)61(108)79-30-47(97)78-31-48(98)82-38(16-7-10-24-67)53(100)81-34(2)63(110)91-29-15-21-45(91)59(106)87-43(64(111)112)20-14-28-77-66(73)74;3-2(4,5)1(6)7/h33-45,49-51,75,92-95H,7-32,67-68,70H2,1-6H3,(H2,69,96)(H,78,97)(H,79,108)(H,80,109)(H,81,100)(H,82,98)(H,83,99)(H,84,102)(H,85,101)(H,86,107)(H,87,106)(H,88,103)(H,89,105)(H,90,104)(H,111,112)(H4,71,72,76)(H4,73,74,77);(H,6,7)/t33-,34-,35+,36+,37+,38-,39-,40-,41-,42-,43-,44-,45-,49-,50-,51-;/m0./s1. The molecule has 0 spiro atoms. The first-order valence-corrected chi connectivity index (χ1v) is 38.2. The molecule has 0 aliphatic carbocycles. The maximum absolute atomic E-state index is 14.3. The number of hydrogen-bond acceptors (Lipinski definition) is 27. The summed E-state index contributed by atoms with van der Waals surface area (Å²) in [5.41, 5.74) is 44.1. The topological polar surface area (TPSA) is 816 Å². The molecule has 0 aromatic carbocycles. The second-order valence-electron chi connectivity index (χ2n) is 27.7. The molecular formula is C68H122F3N25O23. The van der Waals surface area contributed by atoms with E-state index in [0.29, 0.717) is 45.1 Å². The fourth-order valence-electron chi connectivity index (χ4n) is 11.0. The molecule has 1 saturated heterocycles. The zero-order chi connectivity index (χ0) is 91.0.